The van der Waals surface area contributed by atoms with Crippen molar-refractivity contribution in [3.63, 3.8) is 0 Å². The molecule has 0 unspecified atom stereocenters. The molecule has 43 heavy (non-hydrogen) atoms. The van der Waals surface area contributed by atoms with E-state index in [1.54, 1.807) is 4.57 Å². The fourth-order valence-corrected chi connectivity index (χ4v) is 5.12. The highest BCUT2D eigenvalue weighted by Crippen LogP contribution is 2.31. The van der Waals surface area contributed by atoms with Gasteiger partial charge in [0.05, 0.1) is 0 Å². The van der Waals surface area contributed by atoms with Crippen LogP contribution in [-0.4, -0.2) is 93.2 Å². The van der Waals surface area contributed by atoms with Crippen LogP contribution >= 0.6 is 11.6 Å². The van der Waals surface area contributed by atoms with Crippen LogP contribution in [0.25, 0.3) is 22.5 Å². The summed E-state index contributed by atoms with van der Waals surface area (Å²) in [5, 5.41) is 53.8. The fourth-order valence-electron chi connectivity index (χ4n) is 4.85. The first-order chi connectivity index (χ1) is 20.7. The number of carboxylic acids is 1. The Labute approximate surface area is 249 Å². The molecular weight excluding hydrogens is 584 g/mol. The van der Waals surface area contributed by atoms with Crippen molar-refractivity contribution in [3.8, 4) is 22.5 Å². The van der Waals surface area contributed by atoms with Gasteiger partial charge >= 0.3 is 11.9 Å². The molecule has 5 N–H and O–H groups in total. The van der Waals surface area contributed by atoms with Crippen LogP contribution in [0, 0.1) is 0 Å². The van der Waals surface area contributed by atoms with Crippen LogP contribution < -0.4 is 0 Å². The number of aromatic nitrogens is 6. The summed E-state index contributed by atoms with van der Waals surface area (Å²) < 4.78 is 12.0. The van der Waals surface area contributed by atoms with Crippen LogP contribution in [-0.2, 0) is 27.2 Å². The monoisotopic (exact) mass is 612 g/mol. The first kappa shape index (κ1) is 30.3. The molecule has 0 bridgehead atoms. The van der Waals surface area contributed by atoms with Crippen LogP contribution in [0.5, 0.6) is 0 Å². The number of rotatable bonds is 10. The number of aliphatic hydroxyl groups excluding tert-OH is 3. The third-order valence-corrected chi connectivity index (χ3v) is 7.37. The van der Waals surface area contributed by atoms with E-state index >= 15 is 0 Å². The smallest absolute Gasteiger partial charge is 0.360 e. The molecule has 1 aliphatic heterocycles. The van der Waals surface area contributed by atoms with E-state index in [1.165, 1.54) is 0 Å². The largest absolute Gasteiger partial charge is 0.479 e. The van der Waals surface area contributed by atoms with Crippen LogP contribution in [0.1, 0.15) is 41.6 Å². The number of carbonyl (C=O) groups excluding carboxylic acids is 1. The number of aliphatic hydroxyl groups is 3. The SMILES string of the molecule is CCCCc1nc(Cl)c(C(=O)O[C@@H]2O[C@@H](C(=O)O)[C@H](O)[C@@H](O)[C@@H]2O)n1Cc1ccc(-c2ccccc2-c2nn[nH]n2)cc1. The van der Waals surface area contributed by atoms with Crippen molar-refractivity contribution in [2.45, 2.75) is 63.4 Å². The molecule has 4 aromatic rings. The average Bonchev–Trinajstić information content (AvgIpc) is 3.64. The van der Waals surface area contributed by atoms with Crippen molar-refractivity contribution >= 4 is 23.5 Å². The van der Waals surface area contributed by atoms with Gasteiger partial charge in [-0.1, -0.05) is 73.5 Å². The highest BCUT2D eigenvalue weighted by Gasteiger charge is 2.49. The molecule has 5 atom stereocenters. The summed E-state index contributed by atoms with van der Waals surface area (Å²) >= 11 is 6.41. The quantitative estimate of drug-likeness (QED) is 0.163. The van der Waals surface area contributed by atoms with Gasteiger partial charge in [0, 0.05) is 18.5 Å². The molecule has 2 aromatic carbocycles. The predicted octanol–water partition coefficient (Wildman–Crippen LogP) is 1.82. The van der Waals surface area contributed by atoms with Crippen molar-refractivity contribution in [1.82, 2.24) is 30.2 Å². The second-order valence-electron chi connectivity index (χ2n) is 9.98. The van der Waals surface area contributed by atoms with Gasteiger partial charge in [0.15, 0.2) is 17.0 Å². The summed E-state index contributed by atoms with van der Waals surface area (Å²) in [6, 6.07) is 15.2. The lowest BCUT2D eigenvalue weighted by molar-refractivity contribution is -0.278. The first-order valence-corrected chi connectivity index (χ1v) is 13.9. The molecule has 0 amide bonds. The number of aryl methyl sites for hydroxylation is 1. The summed E-state index contributed by atoms with van der Waals surface area (Å²) in [7, 11) is 0. The van der Waals surface area contributed by atoms with E-state index in [4.69, 9.17) is 21.1 Å². The summed E-state index contributed by atoms with van der Waals surface area (Å²) in [5.41, 5.74) is 3.26. The maximum absolute atomic E-state index is 13.4. The molecule has 0 aliphatic carbocycles. The number of nitrogens with zero attached hydrogens (tertiary/aromatic N) is 5. The number of hydrogen-bond acceptors (Lipinski definition) is 11. The van der Waals surface area contributed by atoms with Crippen molar-refractivity contribution in [3.05, 3.63) is 70.8 Å². The molecule has 226 valence electrons. The van der Waals surface area contributed by atoms with E-state index in [9.17, 15) is 30.0 Å². The standard InChI is InChI=1S/C28H29ClN6O8/c1-2-3-8-18-30-24(29)19(27(41)43-28-22(38)20(36)21(37)23(42-28)26(39)40)35(18)13-14-9-11-15(12-10-14)16-6-4-5-7-17(16)25-31-33-34-32-25/h4-7,9-12,20-23,28,36-38H,2-3,8,13H2,1H3,(H,39,40)(H,31,32,33,34)/t20-,21-,22+,23-,28+/m1/s1. The number of aromatic amines is 1. The van der Waals surface area contributed by atoms with Crippen LogP contribution in [0.15, 0.2) is 48.5 Å². The van der Waals surface area contributed by atoms with E-state index in [0.717, 1.165) is 35.1 Å². The van der Waals surface area contributed by atoms with Gasteiger partial charge in [0.1, 0.15) is 24.1 Å². The van der Waals surface area contributed by atoms with Crippen LogP contribution in [0.3, 0.4) is 0 Å². The number of benzene rings is 2. The number of aliphatic carboxylic acids is 1. The number of tetrazole rings is 1. The van der Waals surface area contributed by atoms with Gasteiger partial charge in [0.25, 0.3) is 0 Å². The summed E-state index contributed by atoms with van der Waals surface area (Å²) in [6.45, 7) is 2.19. The van der Waals surface area contributed by atoms with E-state index in [-0.39, 0.29) is 17.4 Å². The lowest BCUT2D eigenvalue weighted by Crippen LogP contribution is -2.60. The lowest BCUT2D eigenvalue weighted by atomic mass is 9.98. The molecule has 1 fully saturated rings. The Morgan fingerprint density at radius 3 is 2.42 bits per heavy atom. The topological polar surface area (TPSA) is 206 Å². The highest BCUT2D eigenvalue weighted by atomic mass is 35.5. The molecule has 5 rings (SSSR count). The number of H-pyrrole nitrogens is 1. The Morgan fingerprint density at radius 1 is 1.05 bits per heavy atom. The second-order valence-corrected chi connectivity index (χ2v) is 10.3. The number of carboxylic acid groups (broad SMARTS) is 1. The van der Waals surface area contributed by atoms with Gasteiger partial charge < -0.3 is 34.5 Å². The molecule has 1 aliphatic rings. The zero-order valence-electron chi connectivity index (χ0n) is 22.9. The number of esters is 1. The lowest BCUT2D eigenvalue weighted by Gasteiger charge is -2.37. The predicted molar refractivity (Wildman–Crippen MR) is 150 cm³/mol. The maximum Gasteiger partial charge on any atom is 0.360 e. The number of imidazole rings is 1. The number of nitrogens with one attached hydrogen (secondary N) is 1. The summed E-state index contributed by atoms with van der Waals surface area (Å²) in [6.07, 6.45) is -7.46. The van der Waals surface area contributed by atoms with Gasteiger partial charge in [-0.3, -0.25) is 0 Å². The first-order valence-electron chi connectivity index (χ1n) is 13.5. The number of carbonyl (C=O) groups is 2. The molecule has 1 saturated heterocycles. The minimum Gasteiger partial charge on any atom is -0.479 e. The van der Waals surface area contributed by atoms with Crippen molar-refractivity contribution in [2.24, 2.45) is 0 Å². The number of hydrogen-bond donors (Lipinski definition) is 5. The van der Waals surface area contributed by atoms with Crippen molar-refractivity contribution in [2.75, 3.05) is 0 Å². The third-order valence-electron chi connectivity index (χ3n) is 7.11. The van der Waals surface area contributed by atoms with E-state index in [0.29, 0.717) is 18.1 Å². The zero-order chi connectivity index (χ0) is 30.7. The Hall–Kier alpha value is -4.21. The van der Waals surface area contributed by atoms with Gasteiger partial charge in [-0.2, -0.15) is 5.21 Å². The maximum atomic E-state index is 13.4. The normalized spacial score (nSPS) is 21.9. The van der Waals surface area contributed by atoms with Gasteiger partial charge in [-0.05, 0) is 28.3 Å². The fraction of sp³-hybridized carbons (Fsp3) is 0.357. The molecule has 14 nitrogen and oxygen atoms in total. The van der Waals surface area contributed by atoms with Crippen LogP contribution in [0.4, 0.5) is 0 Å². The summed E-state index contributed by atoms with van der Waals surface area (Å²) in [4.78, 5) is 29.2. The summed E-state index contributed by atoms with van der Waals surface area (Å²) in [5.74, 6) is -1.68. The highest BCUT2D eigenvalue weighted by molar-refractivity contribution is 6.32. The van der Waals surface area contributed by atoms with Gasteiger partial charge in [-0.15, -0.1) is 10.2 Å². The second kappa shape index (κ2) is 13.0. The number of unbranched alkanes of at least 4 members (excludes halogenated alkanes) is 1. The zero-order valence-corrected chi connectivity index (χ0v) is 23.6. The molecule has 0 spiro atoms. The van der Waals surface area contributed by atoms with E-state index < -0.39 is 42.6 Å². The Bertz CT molecular complexity index is 1580. The minimum atomic E-state index is -1.93. The Kier molecular flexibility index (Phi) is 9.13. The molecule has 2 aromatic heterocycles. The average molecular weight is 613 g/mol. The van der Waals surface area contributed by atoms with Gasteiger partial charge in [-0.25, -0.2) is 14.6 Å². The van der Waals surface area contributed by atoms with E-state index in [2.05, 4.69) is 25.6 Å². The van der Waals surface area contributed by atoms with Crippen molar-refractivity contribution < 1.29 is 39.5 Å². The van der Waals surface area contributed by atoms with Gasteiger partial charge in [0.2, 0.25) is 12.1 Å². The Morgan fingerprint density at radius 2 is 1.77 bits per heavy atom. The van der Waals surface area contributed by atoms with E-state index in [1.807, 2.05) is 55.5 Å². The molecule has 0 saturated carbocycles. The minimum absolute atomic E-state index is 0.136. The molecule has 0 radical (unpaired) electrons. The number of ether oxygens (including phenoxy) is 2. The number of halogens is 1. The molecular formula is C28H29ClN6O8. The van der Waals surface area contributed by atoms with Crippen LogP contribution in [0.2, 0.25) is 5.15 Å². The molecule has 15 heteroatoms. The Balaban J connectivity index is 1.42. The van der Waals surface area contributed by atoms with Crippen molar-refractivity contribution in [1.29, 1.82) is 0 Å². The molecule has 3 heterocycles. The third kappa shape index (κ3) is 6.28.